The van der Waals surface area contributed by atoms with Crippen LogP contribution in [0.4, 0.5) is 0 Å². The Bertz CT molecular complexity index is 734. The second kappa shape index (κ2) is 6.38. The first-order valence-electron chi connectivity index (χ1n) is 6.32. The number of rotatable bonds is 5. The van der Waals surface area contributed by atoms with E-state index in [1.807, 2.05) is 13.0 Å². The number of nitrogens with one attached hydrogen (secondary N) is 1. The Morgan fingerprint density at radius 2 is 1.86 bits per heavy atom. The van der Waals surface area contributed by atoms with Crippen molar-refractivity contribution in [2.24, 2.45) is 5.14 Å². The maximum atomic E-state index is 11.8. The van der Waals surface area contributed by atoms with Crippen molar-refractivity contribution in [2.75, 3.05) is 6.54 Å². The van der Waals surface area contributed by atoms with Crippen molar-refractivity contribution < 1.29 is 13.2 Å². The van der Waals surface area contributed by atoms with Crippen LogP contribution in [0.1, 0.15) is 20.1 Å². The molecule has 112 valence electrons. The molecule has 0 unspecified atom stereocenters. The van der Waals surface area contributed by atoms with Gasteiger partial charge in [-0.15, -0.1) is 11.3 Å². The third kappa shape index (κ3) is 4.38. The van der Waals surface area contributed by atoms with E-state index in [0.717, 1.165) is 10.4 Å². The molecule has 5 nitrogen and oxygen atoms in total. The molecule has 1 aromatic heterocycles. The summed E-state index contributed by atoms with van der Waals surface area (Å²) in [7, 11) is -3.66. The van der Waals surface area contributed by atoms with Crippen molar-refractivity contribution in [3.8, 4) is 0 Å². The minimum Gasteiger partial charge on any atom is -0.351 e. The molecule has 0 atom stereocenters. The van der Waals surface area contributed by atoms with Crippen molar-refractivity contribution in [1.29, 1.82) is 0 Å². The van der Waals surface area contributed by atoms with Crippen LogP contribution in [0.5, 0.6) is 0 Å². The molecule has 21 heavy (non-hydrogen) atoms. The van der Waals surface area contributed by atoms with Gasteiger partial charge in [0, 0.05) is 11.4 Å². The van der Waals surface area contributed by atoms with Crippen molar-refractivity contribution in [3.63, 3.8) is 0 Å². The Morgan fingerprint density at radius 3 is 2.38 bits per heavy atom. The second-order valence-electron chi connectivity index (χ2n) is 4.61. The Labute approximate surface area is 127 Å². The van der Waals surface area contributed by atoms with Gasteiger partial charge in [-0.2, -0.15) is 0 Å². The van der Waals surface area contributed by atoms with Crippen LogP contribution >= 0.6 is 11.3 Å². The van der Waals surface area contributed by atoms with E-state index in [4.69, 9.17) is 5.14 Å². The molecule has 7 heteroatoms. The van der Waals surface area contributed by atoms with E-state index in [2.05, 4.69) is 5.32 Å². The molecule has 1 amide bonds. The molecule has 0 bridgehead atoms. The van der Waals surface area contributed by atoms with E-state index in [-0.39, 0.29) is 10.8 Å². The number of benzene rings is 1. The molecule has 0 aliphatic rings. The lowest BCUT2D eigenvalue weighted by atomic mass is 10.1. The lowest BCUT2D eigenvalue weighted by Gasteiger charge is -2.05. The van der Waals surface area contributed by atoms with Crippen LogP contribution < -0.4 is 10.5 Å². The van der Waals surface area contributed by atoms with E-state index in [0.29, 0.717) is 17.8 Å². The minimum absolute atomic E-state index is 0.0874. The van der Waals surface area contributed by atoms with Crippen LogP contribution in [0.3, 0.4) is 0 Å². The van der Waals surface area contributed by atoms with Gasteiger partial charge in [-0.3, -0.25) is 4.79 Å². The van der Waals surface area contributed by atoms with Gasteiger partial charge in [0.25, 0.3) is 5.91 Å². The van der Waals surface area contributed by atoms with Gasteiger partial charge in [-0.1, -0.05) is 12.1 Å². The molecule has 0 aliphatic carbocycles. The second-order valence-corrected chi connectivity index (χ2v) is 7.45. The summed E-state index contributed by atoms with van der Waals surface area (Å²) >= 11 is 1.45. The van der Waals surface area contributed by atoms with Crippen LogP contribution in [0, 0.1) is 6.92 Å². The Kier molecular flexibility index (Phi) is 4.76. The highest BCUT2D eigenvalue weighted by molar-refractivity contribution is 7.89. The highest BCUT2D eigenvalue weighted by Crippen LogP contribution is 2.14. The quantitative estimate of drug-likeness (QED) is 0.877. The zero-order valence-electron chi connectivity index (χ0n) is 11.5. The number of aryl methyl sites for hydroxylation is 1. The number of amides is 1. The van der Waals surface area contributed by atoms with Gasteiger partial charge in [0.1, 0.15) is 0 Å². The van der Waals surface area contributed by atoms with Crippen LogP contribution in [0.25, 0.3) is 0 Å². The van der Waals surface area contributed by atoms with Crippen molar-refractivity contribution in [1.82, 2.24) is 5.32 Å². The average molecular weight is 324 g/mol. The van der Waals surface area contributed by atoms with Gasteiger partial charge in [0.15, 0.2) is 0 Å². The van der Waals surface area contributed by atoms with E-state index < -0.39 is 10.0 Å². The van der Waals surface area contributed by atoms with Gasteiger partial charge in [-0.25, -0.2) is 13.6 Å². The lowest BCUT2D eigenvalue weighted by Crippen LogP contribution is -2.24. The predicted octanol–water partition coefficient (Wildman–Crippen LogP) is 1.68. The van der Waals surface area contributed by atoms with Gasteiger partial charge >= 0.3 is 0 Å². The zero-order valence-corrected chi connectivity index (χ0v) is 13.1. The smallest absolute Gasteiger partial charge is 0.261 e. The largest absolute Gasteiger partial charge is 0.351 e. The monoisotopic (exact) mass is 324 g/mol. The van der Waals surface area contributed by atoms with Gasteiger partial charge in [0.2, 0.25) is 10.0 Å². The number of carbonyl (C=O) groups excluding carboxylic acids is 1. The van der Waals surface area contributed by atoms with Crippen LogP contribution in [-0.2, 0) is 16.4 Å². The topological polar surface area (TPSA) is 89.3 Å². The third-order valence-electron chi connectivity index (χ3n) is 2.92. The minimum atomic E-state index is -3.66. The number of nitrogens with two attached hydrogens (primary N) is 1. The molecule has 0 radical (unpaired) electrons. The SMILES string of the molecule is Cc1ccc(C(=O)NCCc2ccc(S(N)(=O)=O)cc2)s1. The van der Waals surface area contributed by atoms with Gasteiger partial charge in [-0.05, 0) is 43.2 Å². The summed E-state index contributed by atoms with van der Waals surface area (Å²) in [5.74, 6) is -0.0887. The fourth-order valence-corrected chi connectivity index (χ4v) is 3.11. The molecule has 1 aromatic carbocycles. The molecule has 2 aromatic rings. The number of hydrogen-bond donors (Lipinski definition) is 2. The highest BCUT2D eigenvalue weighted by Gasteiger charge is 2.08. The van der Waals surface area contributed by atoms with Crippen LogP contribution in [-0.4, -0.2) is 20.9 Å². The maximum absolute atomic E-state index is 11.8. The molecule has 0 fully saturated rings. The first-order chi connectivity index (χ1) is 9.86. The number of thiophene rings is 1. The van der Waals surface area contributed by atoms with Crippen molar-refractivity contribution in [2.45, 2.75) is 18.2 Å². The number of primary sulfonamides is 1. The number of carbonyl (C=O) groups is 1. The Balaban J connectivity index is 1.88. The molecule has 0 saturated heterocycles. The van der Waals surface area contributed by atoms with Gasteiger partial charge < -0.3 is 5.32 Å². The average Bonchev–Trinajstić information content (AvgIpc) is 2.85. The normalized spacial score (nSPS) is 11.3. The fraction of sp³-hybridized carbons (Fsp3) is 0.214. The molecule has 3 N–H and O–H groups in total. The summed E-state index contributed by atoms with van der Waals surface area (Å²) in [5, 5.41) is 7.86. The standard InChI is InChI=1S/C14H16N2O3S2/c1-10-2-7-13(20-10)14(17)16-9-8-11-3-5-12(6-4-11)21(15,18)19/h2-7H,8-9H2,1H3,(H,16,17)(H2,15,18,19). The Morgan fingerprint density at radius 1 is 1.19 bits per heavy atom. The molecule has 1 heterocycles. The van der Waals surface area contributed by atoms with Crippen LogP contribution in [0.15, 0.2) is 41.3 Å². The molecular weight excluding hydrogens is 308 g/mol. The first-order valence-corrected chi connectivity index (χ1v) is 8.69. The summed E-state index contributed by atoms with van der Waals surface area (Å²) in [4.78, 5) is 13.7. The predicted molar refractivity (Wildman–Crippen MR) is 82.9 cm³/mol. The molecule has 2 rings (SSSR count). The molecule has 0 spiro atoms. The van der Waals surface area contributed by atoms with Crippen molar-refractivity contribution in [3.05, 3.63) is 51.7 Å². The van der Waals surface area contributed by atoms with Gasteiger partial charge in [0.05, 0.1) is 9.77 Å². The van der Waals surface area contributed by atoms with E-state index in [1.165, 1.54) is 23.5 Å². The lowest BCUT2D eigenvalue weighted by molar-refractivity contribution is 0.0958. The summed E-state index contributed by atoms with van der Waals surface area (Å²) < 4.78 is 22.3. The summed E-state index contributed by atoms with van der Waals surface area (Å²) in [6, 6.07) is 10.0. The summed E-state index contributed by atoms with van der Waals surface area (Å²) in [6.07, 6.45) is 0.626. The molecule has 0 saturated carbocycles. The van der Waals surface area contributed by atoms with E-state index in [1.54, 1.807) is 18.2 Å². The summed E-state index contributed by atoms with van der Waals surface area (Å²) in [6.45, 7) is 2.44. The molecule has 0 aliphatic heterocycles. The van der Waals surface area contributed by atoms with Crippen LogP contribution in [0.2, 0.25) is 0 Å². The number of sulfonamides is 1. The molecular formula is C14H16N2O3S2. The Hall–Kier alpha value is -1.70. The summed E-state index contributed by atoms with van der Waals surface area (Å²) in [5.41, 5.74) is 0.935. The third-order valence-corrected chi connectivity index (χ3v) is 4.84. The van der Waals surface area contributed by atoms with E-state index in [9.17, 15) is 13.2 Å². The highest BCUT2D eigenvalue weighted by atomic mass is 32.2. The maximum Gasteiger partial charge on any atom is 0.261 e. The fourth-order valence-electron chi connectivity index (χ4n) is 1.81. The zero-order chi connectivity index (χ0) is 15.5. The number of hydrogen-bond acceptors (Lipinski definition) is 4. The van der Waals surface area contributed by atoms with Crippen molar-refractivity contribution >= 4 is 27.3 Å². The first kappa shape index (κ1) is 15.7. The van der Waals surface area contributed by atoms with E-state index >= 15 is 0 Å².